The van der Waals surface area contributed by atoms with Gasteiger partial charge in [-0.3, -0.25) is 5.43 Å². The van der Waals surface area contributed by atoms with Crippen LogP contribution in [-0.2, 0) is 0 Å². The lowest BCUT2D eigenvalue weighted by atomic mass is 9.77. The summed E-state index contributed by atoms with van der Waals surface area (Å²) in [6, 6.07) is 0.873. The fourth-order valence-electron chi connectivity index (χ4n) is 2.07. The van der Waals surface area contributed by atoms with Crippen LogP contribution in [0.5, 0.6) is 0 Å². The highest BCUT2D eigenvalue weighted by atomic mass is 15.6. The molecule has 2 aliphatic rings. The van der Waals surface area contributed by atoms with E-state index in [0.29, 0.717) is 5.41 Å². The predicted molar refractivity (Wildman–Crippen MR) is 55.3 cm³/mol. The molecule has 2 nitrogen and oxygen atoms in total. The highest BCUT2D eigenvalue weighted by molar-refractivity contribution is 4.91. The second-order valence-corrected chi connectivity index (χ2v) is 5.28. The molecule has 1 saturated carbocycles. The highest BCUT2D eigenvalue weighted by Crippen LogP contribution is 2.36. The average Bonchev–Trinajstić information content (AvgIpc) is 2.83. The smallest absolute Gasteiger partial charge is 0.0244 e. The SMILES string of the molecule is CCC(C)(C)C1CNN(C2CC2)C1. The standard InChI is InChI=1S/C11H22N2/c1-4-11(2,3)9-7-12-13(8-9)10-5-6-10/h9-10,12H,4-8H2,1-3H3. The largest absolute Gasteiger partial charge is 0.255 e. The molecule has 1 unspecified atom stereocenters. The van der Waals surface area contributed by atoms with Gasteiger partial charge in [-0.1, -0.05) is 27.2 Å². The zero-order valence-electron chi connectivity index (χ0n) is 9.14. The summed E-state index contributed by atoms with van der Waals surface area (Å²) >= 11 is 0. The third kappa shape index (κ3) is 1.89. The van der Waals surface area contributed by atoms with Gasteiger partial charge in [-0.05, 0) is 24.2 Å². The molecule has 0 aromatic heterocycles. The summed E-state index contributed by atoms with van der Waals surface area (Å²) in [6.07, 6.45) is 4.11. The van der Waals surface area contributed by atoms with Crippen molar-refractivity contribution in [1.82, 2.24) is 10.4 Å². The first-order valence-corrected chi connectivity index (χ1v) is 5.63. The van der Waals surface area contributed by atoms with Crippen molar-refractivity contribution >= 4 is 0 Å². The van der Waals surface area contributed by atoms with Gasteiger partial charge in [-0.25, -0.2) is 5.01 Å². The van der Waals surface area contributed by atoms with Crippen LogP contribution < -0.4 is 5.43 Å². The molecule has 2 heteroatoms. The summed E-state index contributed by atoms with van der Waals surface area (Å²) in [6.45, 7) is 9.56. The molecule has 13 heavy (non-hydrogen) atoms. The Balaban J connectivity index is 1.89. The molecule has 0 amide bonds. The van der Waals surface area contributed by atoms with Gasteiger partial charge in [0.2, 0.25) is 0 Å². The van der Waals surface area contributed by atoms with Gasteiger partial charge in [-0.2, -0.15) is 0 Å². The Morgan fingerprint density at radius 2 is 2.08 bits per heavy atom. The van der Waals surface area contributed by atoms with Gasteiger partial charge < -0.3 is 0 Å². The molecule has 2 rings (SSSR count). The Morgan fingerprint density at radius 3 is 2.62 bits per heavy atom. The molecule has 1 aliphatic heterocycles. The lowest BCUT2D eigenvalue weighted by Crippen LogP contribution is -2.33. The van der Waals surface area contributed by atoms with Crippen LogP contribution in [0.25, 0.3) is 0 Å². The number of nitrogens with one attached hydrogen (secondary N) is 1. The Labute approximate surface area is 81.7 Å². The summed E-state index contributed by atoms with van der Waals surface area (Å²) in [5, 5.41) is 2.47. The van der Waals surface area contributed by atoms with E-state index >= 15 is 0 Å². The van der Waals surface area contributed by atoms with E-state index < -0.39 is 0 Å². The summed E-state index contributed by atoms with van der Waals surface area (Å²) in [5.74, 6) is 0.845. The van der Waals surface area contributed by atoms with Crippen LogP contribution in [-0.4, -0.2) is 24.1 Å². The molecule has 1 aliphatic carbocycles. The van der Waals surface area contributed by atoms with Crippen LogP contribution in [0.15, 0.2) is 0 Å². The quantitative estimate of drug-likeness (QED) is 0.718. The van der Waals surface area contributed by atoms with Crippen LogP contribution in [0, 0.1) is 11.3 Å². The number of hydrazine groups is 1. The Hall–Kier alpha value is -0.0800. The van der Waals surface area contributed by atoms with Crippen LogP contribution in [0.3, 0.4) is 0 Å². The zero-order valence-corrected chi connectivity index (χ0v) is 9.14. The fourth-order valence-corrected chi connectivity index (χ4v) is 2.07. The van der Waals surface area contributed by atoms with Crippen molar-refractivity contribution in [2.45, 2.75) is 46.1 Å². The van der Waals surface area contributed by atoms with Gasteiger partial charge in [0, 0.05) is 19.1 Å². The van der Waals surface area contributed by atoms with Crippen molar-refractivity contribution in [1.29, 1.82) is 0 Å². The van der Waals surface area contributed by atoms with E-state index in [4.69, 9.17) is 0 Å². The Kier molecular flexibility index (Phi) is 2.37. The zero-order chi connectivity index (χ0) is 9.47. The highest BCUT2D eigenvalue weighted by Gasteiger charge is 2.39. The average molecular weight is 182 g/mol. The van der Waals surface area contributed by atoms with Gasteiger partial charge in [0.05, 0.1) is 0 Å². The minimum Gasteiger partial charge on any atom is -0.255 e. The van der Waals surface area contributed by atoms with Crippen molar-refractivity contribution in [3.8, 4) is 0 Å². The first-order valence-electron chi connectivity index (χ1n) is 5.63. The van der Waals surface area contributed by atoms with Crippen LogP contribution in [0.1, 0.15) is 40.0 Å². The van der Waals surface area contributed by atoms with Crippen LogP contribution in [0.2, 0.25) is 0 Å². The maximum Gasteiger partial charge on any atom is 0.0244 e. The van der Waals surface area contributed by atoms with Crippen LogP contribution in [0.4, 0.5) is 0 Å². The molecule has 0 aromatic carbocycles. The van der Waals surface area contributed by atoms with Crippen LogP contribution >= 0.6 is 0 Å². The van der Waals surface area contributed by atoms with E-state index in [9.17, 15) is 0 Å². The van der Waals surface area contributed by atoms with Gasteiger partial charge in [-0.15, -0.1) is 0 Å². The summed E-state index contributed by atoms with van der Waals surface area (Å²) in [5.41, 5.74) is 4.05. The maximum absolute atomic E-state index is 3.54. The number of hydrogen-bond donors (Lipinski definition) is 1. The van der Waals surface area contributed by atoms with Crippen molar-refractivity contribution < 1.29 is 0 Å². The minimum atomic E-state index is 0.511. The van der Waals surface area contributed by atoms with Gasteiger partial charge >= 0.3 is 0 Å². The molecular weight excluding hydrogens is 160 g/mol. The molecule has 0 radical (unpaired) electrons. The molecule has 2 fully saturated rings. The van der Waals surface area contributed by atoms with E-state index in [1.807, 2.05) is 0 Å². The summed E-state index contributed by atoms with van der Waals surface area (Å²) in [7, 11) is 0. The van der Waals surface area contributed by atoms with E-state index in [2.05, 4.69) is 31.2 Å². The predicted octanol–water partition coefficient (Wildman–Crippen LogP) is 2.02. The number of nitrogens with zero attached hydrogens (tertiary/aromatic N) is 1. The van der Waals surface area contributed by atoms with Crippen molar-refractivity contribution in [2.75, 3.05) is 13.1 Å². The Morgan fingerprint density at radius 1 is 1.38 bits per heavy atom. The first kappa shape index (κ1) is 9.47. The third-order valence-corrected chi connectivity index (χ3v) is 3.96. The molecule has 0 bridgehead atoms. The number of rotatable bonds is 3. The van der Waals surface area contributed by atoms with E-state index in [1.165, 1.54) is 32.4 Å². The summed E-state index contributed by atoms with van der Waals surface area (Å²) in [4.78, 5) is 0. The second-order valence-electron chi connectivity index (χ2n) is 5.28. The molecule has 1 atom stereocenters. The van der Waals surface area contributed by atoms with E-state index in [0.717, 1.165) is 12.0 Å². The molecule has 1 heterocycles. The second kappa shape index (κ2) is 3.25. The lowest BCUT2D eigenvalue weighted by molar-refractivity contribution is 0.192. The van der Waals surface area contributed by atoms with E-state index in [-0.39, 0.29) is 0 Å². The van der Waals surface area contributed by atoms with Crippen molar-refractivity contribution in [2.24, 2.45) is 11.3 Å². The molecule has 1 saturated heterocycles. The fraction of sp³-hybridized carbons (Fsp3) is 1.00. The van der Waals surface area contributed by atoms with Crippen molar-refractivity contribution in [3.05, 3.63) is 0 Å². The number of hydrogen-bond acceptors (Lipinski definition) is 2. The van der Waals surface area contributed by atoms with E-state index in [1.54, 1.807) is 0 Å². The molecular formula is C11H22N2. The van der Waals surface area contributed by atoms with Gasteiger partial charge in [0.1, 0.15) is 0 Å². The molecule has 0 aromatic rings. The minimum absolute atomic E-state index is 0.511. The van der Waals surface area contributed by atoms with Gasteiger partial charge in [0.25, 0.3) is 0 Å². The lowest BCUT2D eigenvalue weighted by Gasteiger charge is -2.29. The molecule has 1 N–H and O–H groups in total. The third-order valence-electron chi connectivity index (χ3n) is 3.96. The molecule has 76 valence electrons. The van der Waals surface area contributed by atoms with Crippen molar-refractivity contribution in [3.63, 3.8) is 0 Å². The summed E-state index contributed by atoms with van der Waals surface area (Å²) < 4.78 is 0. The topological polar surface area (TPSA) is 15.3 Å². The Bertz CT molecular complexity index is 185. The maximum atomic E-state index is 3.54. The molecule has 0 spiro atoms. The van der Waals surface area contributed by atoms with Gasteiger partial charge in [0.15, 0.2) is 0 Å². The normalized spacial score (nSPS) is 31.2. The monoisotopic (exact) mass is 182 g/mol. The first-order chi connectivity index (χ1) is 6.13.